The fourth-order valence-electron chi connectivity index (χ4n) is 3.51. The summed E-state index contributed by atoms with van der Waals surface area (Å²) in [5.74, 6) is 0.706. The third-order valence-electron chi connectivity index (χ3n) is 5.13. The highest BCUT2D eigenvalue weighted by Crippen LogP contribution is 2.21. The van der Waals surface area contributed by atoms with Crippen molar-refractivity contribution >= 4 is 5.91 Å². The van der Waals surface area contributed by atoms with E-state index >= 15 is 0 Å². The summed E-state index contributed by atoms with van der Waals surface area (Å²) in [7, 11) is 1.90. The zero-order valence-electron chi connectivity index (χ0n) is 15.1. The first-order valence-corrected chi connectivity index (χ1v) is 8.99. The van der Waals surface area contributed by atoms with Gasteiger partial charge in [-0.15, -0.1) is 0 Å². The molecule has 1 aliphatic heterocycles. The molecule has 1 aliphatic rings. The molecule has 0 saturated carbocycles. The summed E-state index contributed by atoms with van der Waals surface area (Å²) in [6.07, 6.45) is 5.65. The summed E-state index contributed by atoms with van der Waals surface area (Å²) >= 11 is 0. The van der Waals surface area contributed by atoms with Gasteiger partial charge in [-0.2, -0.15) is 5.10 Å². The number of carbonyl (C=O) groups is 1. The minimum absolute atomic E-state index is 0.0874. The van der Waals surface area contributed by atoms with Gasteiger partial charge < -0.3 is 4.90 Å². The van der Waals surface area contributed by atoms with Crippen LogP contribution in [0.2, 0.25) is 0 Å². The summed E-state index contributed by atoms with van der Waals surface area (Å²) in [4.78, 5) is 20.8. The minimum Gasteiger partial charge on any atom is -0.338 e. The molecule has 0 N–H and O–H groups in total. The molecule has 0 spiro atoms. The van der Waals surface area contributed by atoms with E-state index < -0.39 is 0 Å². The van der Waals surface area contributed by atoms with Gasteiger partial charge in [0.2, 0.25) is 5.91 Å². The van der Waals surface area contributed by atoms with E-state index in [4.69, 9.17) is 0 Å². The Morgan fingerprint density at radius 2 is 2.16 bits per heavy atom. The van der Waals surface area contributed by atoms with Crippen molar-refractivity contribution in [3.05, 3.63) is 48.5 Å². The fourth-order valence-corrected chi connectivity index (χ4v) is 3.51. The van der Waals surface area contributed by atoms with Crippen LogP contribution in [0.4, 0.5) is 0 Å². The van der Waals surface area contributed by atoms with Crippen molar-refractivity contribution in [1.82, 2.24) is 24.6 Å². The SMILES string of the molecule is CC(c1ccccc1)N(C)C(=O)CN1CCCC(Cn2cncn2)C1. The highest BCUT2D eigenvalue weighted by molar-refractivity contribution is 5.78. The quantitative estimate of drug-likeness (QED) is 0.808. The number of rotatable bonds is 6. The van der Waals surface area contributed by atoms with Crippen molar-refractivity contribution in [3.8, 4) is 0 Å². The van der Waals surface area contributed by atoms with Crippen LogP contribution >= 0.6 is 0 Å². The van der Waals surface area contributed by atoms with Crippen LogP contribution < -0.4 is 0 Å². The number of nitrogens with zero attached hydrogens (tertiary/aromatic N) is 5. The van der Waals surface area contributed by atoms with E-state index in [-0.39, 0.29) is 11.9 Å². The maximum atomic E-state index is 12.7. The van der Waals surface area contributed by atoms with Gasteiger partial charge in [0.15, 0.2) is 0 Å². The molecule has 0 aliphatic carbocycles. The van der Waals surface area contributed by atoms with Crippen LogP contribution in [0.25, 0.3) is 0 Å². The lowest BCUT2D eigenvalue weighted by atomic mass is 9.98. The Labute approximate surface area is 149 Å². The maximum Gasteiger partial charge on any atom is 0.236 e. The van der Waals surface area contributed by atoms with E-state index in [0.717, 1.165) is 26.1 Å². The molecule has 2 atom stereocenters. The van der Waals surface area contributed by atoms with Gasteiger partial charge in [-0.05, 0) is 37.8 Å². The van der Waals surface area contributed by atoms with Gasteiger partial charge in [-0.1, -0.05) is 30.3 Å². The molecule has 1 fully saturated rings. The van der Waals surface area contributed by atoms with Crippen LogP contribution in [0.15, 0.2) is 43.0 Å². The van der Waals surface area contributed by atoms with Crippen molar-refractivity contribution in [2.75, 3.05) is 26.7 Å². The molecule has 6 nitrogen and oxygen atoms in total. The highest BCUT2D eigenvalue weighted by atomic mass is 16.2. The first-order chi connectivity index (χ1) is 12.1. The van der Waals surface area contributed by atoms with Crippen LogP contribution in [-0.2, 0) is 11.3 Å². The van der Waals surface area contributed by atoms with Crippen LogP contribution in [0.5, 0.6) is 0 Å². The van der Waals surface area contributed by atoms with Gasteiger partial charge in [0.1, 0.15) is 12.7 Å². The summed E-state index contributed by atoms with van der Waals surface area (Å²) in [6.45, 7) is 5.38. The monoisotopic (exact) mass is 341 g/mol. The molecule has 25 heavy (non-hydrogen) atoms. The summed E-state index contributed by atoms with van der Waals surface area (Å²) in [5.41, 5.74) is 1.17. The molecule has 2 heterocycles. The van der Waals surface area contributed by atoms with E-state index in [1.54, 1.807) is 12.7 Å². The highest BCUT2D eigenvalue weighted by Gasteiger charge is 2.25. The number of amides is 1. The smallest absolute Gasteiger partial charge is 0.236 e. The fraction of sp³-hybridized carbons (Fsp3) is 0.526. The standard InChI is InChI=1S/C19H27N5O/c1-16(18-8-4-3-5-9-18)22(2)19(25)13-23-10-6-7-17(11-23)12-24-15-20-14-21-24/h3-5,8-9,14-17H,6-7,10-13H2,1-2H3. The Kier molecular flexibility index (Phi) is 5.81. The second kappa shape index (κ2) is 8.25. The van der Waals surface area contributed by atoms with Gasteiger partial charge in [-0.25, -0.2) is 4.98 Å². The van der Waals surface area contributed by atoms with Gasteiger partial charge in [0.25, 0.3) is 0 Å². The van der Waals surface area contributed by atoms with Gasteiger partial charge >= 0.3 is 0 Å². The number of piperidine rings is 1. The Bertz CT molecular complexity index is 658. The van der Waals surface area contributed by atoms with E-state index in [1.807, 2.05) is 34.8 Å². The average Bonchev–Trinajstić information content (AvgIpc) is 3.14. The molecule has 134 valence electrons. The zero-order valence-corrected chi connectivity index (χ0v) is 15.1. The first-order valence-electron chi connectivity index (χ1n) is 8.99. The van der Waals surface area contributed by atoms with Crippen molar-refractivity contribution in [1.29, 1.82) is 0 Å². The first kappa shape index (κ1) is 17.6. The molecule has 0 radical (unpaired) electrons. The van der Waals surface area contributed by atoms with Crippen molar-refractivity contribution in [2.45, 2.75) is 32.4 Å². The van der Waals surface area contributed by atoms with Crippen molar-refractivity contribution in [2.24, 2.45) is 5.92 Å². The minimum atomic E-state index is 0.0874. The van der Waals surface area contributed by atoms with Crippen LogP contribution in [-0.4, -0.2) is 57.2 Å². The molecule has 6 heteroatoms. The summed E-state index contributed by atoms with van der Waals surface area (Å²) in [5, 5.41) is 4.19. The number of carbonyl (C=O) groups excluding carboxylic acids is 1. The van der Waals surface area contributed by atoms with Gasteiger partial charge in [0, 0.05) is 20.1 Å². The largest absolute Gasteiger partial charge is 0.338 e. The van der Waals surface area contributed by atoms with Crippen LogP contribution in [0, 0.1) is 5.92 Å². The number of hydrogen-bond donors (Lipinski definition) is 0. The predicted molar refractivity (Wildman–Crippen MR) is 96.8 cm³/mol. The number of hydrogen-bond acceptors (Lipinski definition) is 4. The number of aromatic nitrogens is 3. The zero-order chi connectivity index (χ0) is 17.6. The molecular formula is C19H27N5O. The normalized spacial score (nSPS) is 19.5. The molecule has 1 aromatic heterocycles. The Morgan fingerprint density at radius 1 is 1.36 bits per heavy atom. The number of likely N-dealkylation sites (N-methyl/N-ethyl adjacent to an activating group) is 1. The average molecular weight is 341 g/mol. The lowest BCUT2D eigenvalue weighted by Crippen LogP contribution is -2.44. The second-order valence-electron chi connectivity index (χ2n) is 6.95. The number of benzene rings is 1. The number of likely N-dealkylation sites (tertiary alicyclic amines) is 1. The maximum absolute atomic E-state index is 12.7. The Balaban J connectivity index is 1.53. The predicted octanol–water partition coefficient (Wildman–Crippen LogP) is 2.21. The molecule has 2 unspecified atom stereocenters. The van der Waals surface area contributed by atoms with E-state index in [9.17, 15) is 4.79 Å². The molecular weight excluding hydrogens is 314 g/mol. The Hall–Kier alpha value is -2.21. The van der Waals surface area contributed by atoms with Crippen LogP contribution in [0.3, 0.4) is 0 Å². The molecule has 0 bridgehead atoms. The third-order valence-corrected chi connectivity index (χ3v) is 5.13. The molecule has 1 amide bonds. The lowest BCUT2D eigenvalue weighted by Gasteiger charge is -2.34. The lowest BCUT2D eigenvalue weighted by molar-refractivity contribution is -0.133. The molecule has 2 aromatic rings. The van der Waals surface area contributed by atoms with Crippen molar-refractivity contribution in [3.63, 3.8) is 0 Å². The van der Waals surface area contributed by atoms with Gasteiger partial charge in [0.05, 0.1) is 12.6 Å². The van der Waals surface area contributed by atoms with Crippen molar-refractivity contribution < 1.29 is 4.79 Å². The van der Waals surface area contributed by atoms with E-state index in [1.165, 1.54) is 12.0 Å². The molecule has 1 aromatic carbocycles. The third kappa shape index (κ3) is 4.66. The van der Waals surface area contributed by atoms with Gasteiger partial charge in [-0.3, -0.25) is 14.4 Å². The molecule has 1 saturated heterocycles. The van der Waals surface area contributed by atoms with E-state index in [0.29, 0.717) is 12.5 Å². The van der Waals surface area contributed by atoms with E-state index in [2.05, 4.69) is 34.0 Å². The Morgan fingerprint density at radius 3 is 2.88 bits per heavy atom. The molecule has 3 rings (SSSR count). The summed E-state index contributed by atoms with van der Waals surface area (Å²) in [6, 6.07) is 10.3. The summed E-state index contributed by atoms with van der Waals surface area (Å²) < 4.78 is 1.89. The second-order valence-corrected chi connectivity index (χ2v) is 6.95. The topological polar surface area (TPSA) is 54.3 Å². The van der Waals surface area contributed by atoms with Crippen LogP contribution in [0.1, 0.15) is 31.4 Å².